The Balaban J connectivity index is 1.71. The standard InChI is InChI=1S/C27H29NO5/c1-19-7-4-8-20(17-19)12-15-27(33-25(29)21-9-5-10-22(18-21)31-2)14-6-11-24-23(27)13-16-28(24)26(30)32-3/h4-5,7-10,17-18,23-24H,6,11,13-14,16H2,1-3H3/t23-,24-,27-/m1/s1. The lowest BCUT2D eigenvalue weighted by atomic mass is 9.72. The fourth-order valence-electron chi connectivity index (χ4n) is 5.04. The Hall–Kier alpha value is -3.46. The number of carbonyl (C=O) groups is 2. The average molecular weight is 448 g/mol. The molecule has 6 nitrogen and oxygen atoms in total. The molecule has 2 aromatic carbocycles. The minimum atomic E-state index is -0.990. The van der Waals surface area contributed by atoms with Crippen LogP contribution in [0.5, 0.6) is 5.75 Å². The Bertz CT molecular complexity index is 1100. The highest BCUT2D eigenvalue weighted by molar-refractivity contribution is 5.90. The Labute approximate surface area is 194 Å². The van der Waals surface area contributed by atoms with Crippen LogP contribution in [-0.2, 0) is 9.47 Å². The number of likely N-dealkylation sites (tertiary alicyclic amines) is 1. The summed E-state index contributed by atoms with van der Waals surface area (Å²) in [5.41, 5.74) is 1.41. The molecule has 3 atom stereocenters. The van der Waals surface area contributed by atoms with Crippen molar-refractivity contribution in [1.29, 1.82) is 0 Å². The number of hydrogen-bond acceptors (Lipinski definition) is 5. The molecule has 2 aromatic rings. The molecule has 1 saturated heterocycles. The first kappa shape index (κ1) is 22.7. The number of hydrogen-bond donors (Lipinski definition) is 0. The second-order valence-corrected chi connectivity index (χ2v) is 8.65. The second-order valence-electron chi connectivity index (χ2n) is 8.65. The number of fused-ring (bicyclic) bond motifs is 1. The van der Waals surface area contributed by atoms with E-state index in [9.17, 15) is 9.59 Å². The maximum absolute atomic E-state index is 13.3. The zero-order valence-electron chi connectivity index (χ0n) is 19.3. The number of amides is 1. The van der Waals surface area contributed by atoms with Crippen LogP contribution in [0.25, 0.3) is 0 Å². The van der Waals surface area contributed by atoms with Gasteiger partial charge in [0.05, 0.1) is 19.8 Å². The second kappa shape index (κ2) is 9.58. The fraction of sp³-hybridized carbons (Fsp3) is 0.407. The van der Waals surface area contributed by atoms with Gasteiger partial charge in [-0.1, -0.05) is 24.1 Å². The molecular formula is C27H29NO5. The van der Waals surface area contributed by atoms with E-state index >= 15 is 0 Å². The van der Waals surface area contributed by atoms with Gasteiger partial charge in [0.2, 0.25) is 0 Å². The summed E-state index contributed by atoms with van der Waals surface area (Å²) in [6.45, 7) is 2.58. The van der Waals surface area contributed by atoms with Gasteiger partial charge < -0.3 is 19.1 Å². The van der Waals surface area contributed by atoms with E-state index in [-0.39, 0.29) is 18.1 Å². The lowest BCUT2D eigenvalue weighted by Crippen LogP contribution is -2.51. The highest BCUT2D eigenvalue weighted by atomic mass is 16.6. The maximum atomic E-state index is 13.3. The van der Waals surface area contributed by atoms with Crippen LogP contribution < -0.4 is 4.74 Å². The SMILES string of the molecule is COC(=O)N1CC[C@@H]2[C@H]1CCC[C@]2(C#Cc1cccc(C)c1)OC(=O)c1cccc(OC)c1. The van der Waals surface area contributed by atoms with E-state index in [1.807, 2.05) is 31.2 Å². The number of benzene rings is 2. The molecule has 1 aliphatic heterocycles. The first-order valence-corrected chi connectivity index (χ1v) is 11.3. The molecule has 0 aromatic heterocycles. The Kier molecular flexibility index (Phi) is 6.60. The molecule has 1 aliphatic carbocycles. The number of methoxy groups -OCH3 is 2. The Morgan fingerprint density at radius 2 is 1.91 bits per heavy atom. The molecule has 1 saturated carbocycles. The van der Waals surface area contributed by atoms with Gasteiger partial charge in [0.15, 0.2) is 5.60 Å². The molecule has 1 heterocycles. The molecule has 33 heavy (non-hydrogen) atoms. The van der Waals surface area contributed by atoms with Crippen LogP contribution in [-0.4, -0.2) is 49.4 Å². The summed E-state index contributed by atoms with van der Waals surface area (Å²) in [6.07, 6.45) is 2.61. The van der Waals surface area contributed by atoms with Crippen LogP contribution in [0.2, 0.25) is 0 Å². The highest BCUT2D eigenvalue weighted by Crippen LogP contribution is 2.45. The number of nitrogens with zero attached hydrogens (tertiary/aromatic N) is 1. The van der Waals surface area contributed by atoms with Gasteiger partial charge in [0.1, 0.15) is 5.75 Å². The predicted molar refractivity (Wildman–Crippen MR) is 124 cm³/mol. The van der Waals surface area contributed by atoms with Gasteiger partial charge in [-0.3, -0.25) is 0 Å². The summed E-state index contributed by atoms with van der Waals surface area (Å²) in [6, 6.07) is 14.8. The predicted octanol–water partition coefficient (Wildman–Crippen LogP) is 4.59. The van der Waals surface area contributed by atoms with Crippen molar-refractivity contribution < 1.29 is 23.8 Å². The third kappa shape index (κ3) is 4.68. The molecule has 0 N–H and O–H groups in total. The van der Waals surface area contributed by atoms with E-state index in [1.54, 1.807) is 36.3 Å². The van der Waals surface area contributed by atoms with E-state index in [0.717, 1.165) is 24.0 Å². The van der Waals surface area contributed by atoms with Crippen LogP contribution >= 0.6 is 0 Å². The molecule has 4 rings (SSSR count). The van der Waals surface area contributed by atoms with Crippen molar-refractivity contribution in [2.24, 2.45) is 5.92 Å². The minimum Gasteiger partial charge on any atom is -0.497 e. The molecule has 0 radical (unpaired) electrons. The van der Waals surface area contributed by atoms with Gasteiger partial charge in [-0.05, 0) is 74.4 Å². The molecule has 1 amide bonds. The first-order chi connectivity index (χ1) is 16.0. The lowest BCUT2D eigenvalue weighted by molar-refractivity contribution is -0.0445. The number of carbonyl (C=O) groups excluding carboxylic acids is 2. The van der Waals surface area contributed by atoms with Gasteiger partial charge in [-0.15, -0.1) is 0 Å². The summed E-state index contributed by atoms with van der Waals surface area (Å²) < 4.78 is 16.5. The molecule has 0 spiro atoms. The Morgan fingerprint density at radius 3 is 2.67 bits per heavy atom. The quantitative estimate of drug-likeness (QED) is 0.509. The van der Waals surface area contributed by atoms with Crippen molar-refractivity contribution in [3.63, 3.8) is 0 Å². The van der Waals surface area contributed by atoms with Crippen LogP contribution in [0, 0.1) is 24.7 Å². The Morgan fingerprint density at radius 1 is 1.09 bits per heavy atom. The third-order valence-electron chi connectivity index (χ3n) is 6.62. The molecular weight excluding hydrogens is 418 g/mol. The monoisotopic (exact) mass is 447 g/mol. The average Bonchev–Trinajstić information content (AvgIpc) is 3.28. The number of ether oxygens (including phenoxy) is 3. The van der Waals surface area contributed by atoms with Crippen LogP contribution in [0.15, 0.2) is 48.5 Å². The maximum Gasteiger partial charge on any atom is 0.409 e. The zero-order chi connectivity index (χ0) is 23.4. The van der Waals surface area contributed by atoms with Crippen molar-refractivity contribution in [3.8, 4) is 17.6 Å². The molecule has 2 aliphatic rings. The van der Waals surface area contributed by atoms with Crippen molar-refractivity contribution in [2.75, 3.05) is 20.8 Å². The van der Waals surface area contributed by atoms with Gasteiger partial charge >= 0.3 is 12.1 Å². The van der Waals surface area contributed by atoms with Crippen molar-refractivity contribution in [3.05, 3.63) is 65.2 Å². The van der Waals surface area contributed by atoms with Gasteiger partial charge in [-0.2, -0.15) is 0 Å². The summed E-state index contributed by atoms with van der Waals surface area (Å²) in [5, 5.41) is 0. The van der Waals surface area contributed by atoms with Gasteiger partial charge in [0, 0.05) is 24.1 Å². The molecule has 172 valence electrons. The lowest BCUT2D eigenvalue weighted by Gasteiger charge is -2.42. The summed E-state index contributed by atoms with van der Waals surface area (Å²) in [4.78, 5) is 27.4. The van der Waals surface area contributed by atoms with E-state index < -0.39 is 11.6 Å². The van der Waals surface area contributed by atoms with E-state index in [4.69, 9.17) is 14.2 Å². The van der Waals surface area contributed by atoms with Crippen molar-refractivity contribution in [1.82, 2.24) is 4.90 Å². The molecule has 6 heteroatoms. The van der Waals surface area contributed by atoms with E-state index in [0.29, 0.717) is 30.7 Å². The van der Waals surface area contributed by atoms with Crippen LogP contribution in [0.4, 0.5) is 4.79 Å². The smallest absolute Gasteiger partial charge is 0.409 e. The summed E-state index contributed by atoms with van der Waals surface area (Å²) in [5.74, 6) is 6.67. The van der Waals surface area contributed by atoms with Gasteiger partial charge in [0.25, 0.3) is 0 Å². The zero-order valence-corrected chi connectivity index (χ0v) is 19.3. The normalized spacial score (nSPS) is 23.7. The number of rotatable bonds is 3. The largest absolute Gasteiger partial charge is 0.497 e. The van der Waals surface area contributed by atoms with Crippen LogP contribution in [0.3, 0.4) is 0 Å². The van der Waals surface area contributed by atoms with E-state index in [1.165, 1.54) is 7.11 Å². The van der Waals surface area contributed by atoms with Crippen molar-refractivity contribution >= 4 is 12.1 Å². The third-order valence-corrected chi connectivity index (χ3v) is 6.62. The fourth-order valence-corrected chi connectivity index (χ4v) is 5.04. The molecule has 0 unspecified atom stereocenters. The minimum absolute atomic E-state index is 0.0730. The van der Waals surface area contributed by atoms with Crippen LogP contribution in [0.1, 0.15) is 47.2 Å². The van der Waals surface area contributed by atoms with Crippen molar-refractivity contribution in [2.45, 2.75) is 44.2 Å². The summed E-state index contributed by atoms with van der Waals surface area (Å²) >= 11 is 0. The first-order valence-electron chi connectivity index (χ1n) is 11.3. The topological polar surface area (TPSA) is 65.1 Å². The summed E-state index contributed by atoms with van der Waals surface area (Å²) in [7, 11) is 2.96. The number of esters is 1. The molecule has 2 fully saturated rings. The van der Waals surface area contributed by atoms with Gasteiger partial charge in [-0.25, -0.2) is 9.59 Å². The van der Waals surface area contributed by atoms with E-state index in [2.05, 4.69) is 11.8 Å². The molecule has 0 bridgehead atoms. The highest BCUT2D eigenvalue weighted by Gasteiger charge is 2.53. The number of aryl methyl sites for hydroxylation is 1.